The van der Waals surface area contributed by atoms with E-state index >= 15 is 0 Å². The lowest BCUT2D eigenvalue weighted by atomic mass is 9.88. The molecule has 0 radical (unpaired) electrons. The van der Waals surface area contributed by atoms with Crippen LogP contribution in [0.25, 0.3) is 65.2 Å². The lowest BCUT2D eigenvalue weighted by Gasteiger charge is -2.18. The minimum Gasteiger partial charge on any atom is -0.224 e. The molecule has 0 amide bonds. The first kappa shape index (κ1) is 19.4. The molecular formula is C24H8F6N4. The smallest absolute Gasteiger partial charge is 0.224 e. The van der Waals surface area contributed by atoms with E-state index in [0.29, 0.717) is 21.5 Å². The van der Waals surface area contributed by atoms with Crippen LogP contribution in [0.1, 0.15) is 11.6 Å². The molecule has 7 aromatic rings. The van der Waals surface area contributed by atoms with Gasteiger partial charge in [-0.25, -0.2) is 19.9 Å². The van der Waals surface area contributed by atoms with Gasteiger partial charge < -0.3 is 0 Å². The Morgan fingerprint density at radius 2 is 0.647 bits per heavy atom. The Morgan fingerprint density at radius 3 is 0.882 bits per heavy atom. The number of hydrogen-bond donors (Lipinski definition) is 0. The van der Waals surface area contributed by atoms with Crippen LogP contribution < -0.4 is 0 Å². The Morgan fingerprint density at radius 1 is 0.382 bits per heavy atom. The maximum absolute atomic E-state index is 13.3. The van der Waals surface area contributed by atoms with Crippen LogP contribution in [-0.2, 0) is 12.4 Å². The van der Waals surface area contributed by atoms with Crippen molar-refractivity contribution in [3.05, 3.63) is 60.2 Å². The lowest BCUT2D eigenvalue weighted by molar-refractivity contribution is -0.145. The molecule has 0 saturated carbocycles. The molecule has 0 unspecified atom stereocenters. The molecule has 0 aliphatic heterocycles. The van der Waals surface area contributed by atoms with Crippen molar-refractivity contribution in [1.29, 1.82) is 0 Å². The lowest BCUT2D eigenvalue weighted by Crippen LogP contribution is -2.11. The van der Waals surface area contributed by atoms with Gasteiger partial charge in [0, 0.05) is 21.5 Å². The molecule has 0 N–H and O–H groups in total. The number of benzene rings is 5. The molecule has 0 spiro atoms. The van der Waals surface area contributed by atoms with Crippen molar-refractivity contribution in [3.8, 4) is 0 Å². The second-order valence-corrected chi connectivity index (χ2v) is 8.12. The third kappa shape index (κ3) is 2.39. The first-order valence-electron chi connectivity index (χ1n) is 10.1. The van der Waals surface area contributed by atoms with E-state index in [2.05, 4.69) is 19.9 Å². The molecule has 166 valence electrons. The minimum absolute atomic E-state index is 0.168. The van der Waals surface area contributed by atoms with Gasteiger partial charge in [0.25, 0.3) is 0 Å². The number of fused-ring (bicyclic) bond motifs is 2. The minimum atomic E-state index is -4.68. The van der Waals surface area contributed by atoms with Gasteiger partial charge in [-0.05, 0) is 45.8 Å². The highest BCUT2D eigenvalue weighted by atomic mass is 19.4. The summed E-state index contributed by atoms with van der Waals surface area (Å²) in [4.78, 5) is 15.0. The van der Waals surface area contributed by atoms with Gasteiger partial charge in [-0.2, -0.15) is 26.3 Å². The van der Waals surface area contributed by atoms with Crippen LogP contribution in [0.3, 0.4) is 0 Å². The normalized spacial score (nSPS) is 13.6. The molecular weight excluding hydrogens is 458 g/mol. The third-order valence-electron chi connectivity index (χ3n) is 6.23. The Bertz CT molecular complexity index is 1680. The second-order valence-electron chi connectivity index (χ2n) is 8.12. The predicted octanol–water partition coefficient (Wildman–Crippen LogP) is 7.10. The molecule has 2 heterocycles. The van der Waals surface area contributed by atoms with Crippen molar-refractivity contribution in [3.63, 3.8) is 0 Å². The van der Waals surface area contributed by atoms with Crippen LogP contribution in [0.4, 0.5) is 26.3 Å². The Labute approximate surface area is 184 Å². The number of halogens is 6. The molecule has 5 aromatic carbocycles. The van der Waals surface area contributed by atoms with Gasteiger partial charge in [0.05, 0.1) is 22.1 Å². The zero-order valence-electron chi connectivity index (χ0n) is 16.7. The maximum Gasteiger partial charge on any atom is 0.451 e. The molecule has 10 heteroatoms. The zero-order valence-corrected chi connectivity index (χ0v) is 16.7. The highest BCUT2D eigenvalue weighted by Crippen LogP contribution is 2.45. The van der Waals surface area contributed by atoms with Gasteiger partial charge in [-0.3, -0.25) is 0 Å². The van der Waals surface area contributed by atoms with Crippen molar-refractivity contribution in [2.24, 2.45) is 0 Å². The van der Waals surface area contributed by atoms with E-state index in [1.54, 1.807) is 24.3 Å². The average Bonchev–Trinajstić information content (AvgIpc) is 2.79. The average molecular weight is 466 g/mol. The summed E-state index contributed by atoms with van der Waals surface area (Å²) in [6, 6.07) is 12.8. The largest absolute Gasteiger partial charge is 0.451 e. The fourth-order valence-corrected chi connectivity index (χ4v) is 4.95. The molecule has 0 aliphatic rings. The first-order valence-corrected chi connectivity index (χ1v) is 10.1. The molecule has 34 heavy (non-hydrogen) atoms. The van der Waals surface area contributed by atoms with Crippen molar-refractivity contribution in [1.82, 2.24) is 19.9 Å². The van der Waals surface area contributed by atoms with Crippen molar-refractivity contribution >= 4 is 65.2 Å². The summed E-state index contributed by atoms with van der Waals surface area (Å²) in [7, 11) is 0. The summed E-state index contributed by atoms with van der Waals surface area (Å²) in [5.41, 5.74) is 0.672. The van der Waals surface area contributed by atoms with Crippen LogP contribution in [0.5, 0.6) is 0 Å². The molecule has 2 aromatic heterocycles. The predicted molar refractivity (Wildman–Crippen MR) is 115 cm³/mol. The van der Waals surface area contributed by atoms with E-state index in [9.17, 15) is 26.3 Å². The SMILES string of the molecule is FC(F)(F)c1nc2ccc3c4ccc5nc(C(F)(F)F)nc6ccc(c7ccc(n1)c2c37)c4c56. The first-order chi connectivity index (χ1) is 16.1. The Kier molecular flexibility index (Phi) is 3.35. The molecule has 0 bridgehead atoms. The zero-order chi connectivity index (χ0) is 23.6. The molecule has 0 atom stereocenters. The molecule has 7 rings (SSSR count). The van der Waals surface area contributed by atoms with Gasteiger partial charge >= 0.3 is 12.4 Å². The van der Waals surface area contributed by atoms with E-state index in [4.69, 9.17) is 0 Å². The fraction of sp³-hybridized carbons (Fsp3) is 0.0833. The third-order valence-corrected chi connectivity index (χ3v) is 6.23. The second kappa shape index (κ2) is 5.88. The van der Waals surface area contributed by atoms with E-state index in [-0.39, 0.29) is 22.1 Å². The van der Waals surface area contributed by atoms with Crippen molar-refractivity contribution in [2.75, 3.05) is 0 Å². The summed E-state index contributed by atoms with van der Waals surface area (Å²) in [6.45, 7) is 0. The quantitative estimate of drug-likeness (QED) is 0.136. The van der Waals surface area contributed by atoms with Gasteiger partial charge in [0.1, 0.15) is 0 Å². The topological polar surface area (TPSA) is 51.6 Å². The molecule has 4 nitrogen and oxygen atoms in total. The highest BCUT2D eigenvalue weighted by molar-refractivity contribution is 6.38. The fourth-order valence-electron chi connectivity index (χ4n) is 4.95. The van der Waals surface area contributed by atoms with Gasteiger partial charge in [-0.1, -0.05) is 24.3 Å². The van der Waals surface area contributed by atoms with Gasteiger partial charge in [-0.15, -0.1) is 0 Å². The Balaban J connectivity index is 1.69. The molecule has 0 fully saturated rings. The summed E-state index contributed by atoms with van der Waals surface area (Å²) in [6.07, 6.45) is -9.37. The number of aromatic nitrogens is 4. The van der Waals surface area contributed by atoms with E-state index in [1.807, 2.05) is 0 Å². The summed E-state index contributed by atoms with van der Waals surface area (Å²) >= 11 is 0. The number of nitrogens with zero attached hydrogens (tertiary/aromatic N) is 4. The van der Waals surface area contributed by atoms with Gasteiger partial charge in [0.15, 0.2) is 0 Å². The standard InChI is InChI=1S/C24H8F6N4/c25-23(26,27)21-31-13-5-1-9-10-2-6-15-20-16(34-22(33-15)24(28,29)30)8-4-12(18(10)20)11-3-7-14(32-21)19(13)17(9)11/h1-8H. The van der Waals surface area contributed by atoms with Crippen LogP contribution in [0.15, 0.2) is 48.5 Å². The monoisotopic (exact) mass is 466 g/mol. The summed E-state index contributed by atoms with van der Waals surface area (Å²) < 4.78 is 79.8. The molecule has 0 saturated heterocycles. The Hall–Kier alpha value is -4.08. The van der Waals surface area contributed by atoms with E-state index in [0.717, 1.165) is 21.5 Å². The van der Waals surface area contributed by atoms with Gasteiger partial charge in [0.2, 0.25) is 11.6 Å². The van der Waals surface area contributed by atoms with Crippen LogP contribution in [-0.4, -0.2) is 19.9 Å². The van der Waals surface area contributed by atoms with E-state index in [1.165, 1.54) is 24.3 Å². The number of alkyl halides is 6. The van der Waals surface area contributed by atoms with Crippen LogP contribution in [0.2, 0.25) is 0 Å². The van der Waals surface area contributed by atoms with E-state index < -0.39 is 24.0 Å². The van der Waals surface area contributed by atoms with Crippen LogP contribution in [0, 0.1) is 0 Å². The van der Waals surface area contributed by atoms with Crippen molar-refractivity contribution in [2.45, 2.75) is 12.4 Å². The maximum atomic E-state index is 13.3. The highest BCUT2D eigenvalue weighted by Gasteiger charge is 2.36. The van der Waals surface area contributed by atoms with Crippen molar-refractivity contribution < 1.29 is 26.3 Å². The summed E-state index contributed by atoms with van der Waals surface area (Å²) in [5, 5.41) is 5.35. The molecule has 0 aliphatic carbocycles. The number of rotatable bonds is 0. The van der Waals surface area contributed by atoms with Crippen LogP contribution >= 0.6 is 0 Å². The number of hydrogen-bond acceptors (Lipinski definition) is 4. The summed E-state index contributed by atoms with van der Waals surface area (Å²) in [5.74, 6) is -2.42.